The van der Waals surface area contributed by atoms with E-state index in [4.69, 9.17) is 4.42 Å². The highest BCUT2D eigenvalue weighted by atomic mass is 16.5. The molecule has 1 rings (SSSR count). The first kappa shape index (κ1) is 14.0. The van der Waals surface area contributed by atoms with Crippen molar-refractivity contribution in [2.75, 3.05) is 7.11 Å². The number of amides is 1. The highest BCUT2D eigenvalue weighted by Gasteiger charge is 2.24. The van der Waals surface area contributed by atoms with E-state index in [9.17, 15) is 9.59 Å². The number of methoxy groups -OCH3 is 1. The molecule has 0 bridgehead atoms. The molecule has 18 heavy (non-hydrogen) atoms. The number of hydrogen-bond acceptors (Lipinski definition) is 4. The van der Waals surface area contributed by atoms with E-state index in [-0.39, 0.29) is 11.6 Å². The van der Waals surface area contributed by atoms with Crippen LogP contribution >= 0.6 is 0 Å². The van der Waals surface area contributed by atoms with E-state index in [1.54, 1.807) is 32.9 Å². The molecule has 1 aromatic heterocycles. The van der Waals surface area contributed by atoms with Crippen LogP contribution < -0.4 is 5.32 Å². The summed E-state index contributed by atoms with van der Waals surface area (Å²) in [5.74, 6) is -0.431. The van der Waals surface area contributed by atoms with Crippen molar-refractivity contribution in [3.63, 3.8) is 0 Å². The first-order valence-electron chi connectivity index (χ1n) is 5.49. The number of rotatable bonds is 3. The van der Waals surface area contributed by atoms with Crippen molar-refractivity contribution in [3.8, 4) is 0 Å². The van der Waals surface area contributed by atoms with Crippen LogP contribution in [0.5, 0.6) is 0 Å². The molecule has 0 aromatic carbocycles. The summed E-state index contributed by atoms with van der Waals surface area (Å²) in [6.45, 7) is 5.26. The van der Waals surface area contributed by atoms with Crippen LogP contribution in [-0.2, 0) is 14.3 Å². The van der Waals surface area contributed by atoms with Gasteiger partial charge in [-0.05, 0) is 12.1 Å². The lowest BCUT2D eigenvalue weighted by Crippen LogP contribution is -2.36. The van der Waals surface area contributed by atoms with Crippen LogP contribution in [0.4, 0.5) is 0 Å². The minimum Gasteiger partial charge on any atom is -0.465 e. The molecule has 0 aliphatic rings. The van der Waals surface area contributed by atoms with Gasteiger partial charge in [-0.25, -0.2) is 4.79 Å². The zero-order valence-corrected chi connectivity index (χ0v) is 10.9. The molecule has 0 radical (unpaired) electrons. The zero-order chi connectivity index (χ0) is 13.8. The molecule has 5 heteroatoms. The molecule has 0 aliphatic heterocycles. The Kier molecular flexibility index (Phi) is 4.31. The lowest BCUT2D eigenvalue weighted by atomic mass is 9.95. The Morgan fingerprint density at radius 2 is 2.06 bits per heavy atom. The first-order valence-corrected chi connectivity index (χ1v) is 5.49. The van der Waals surface area contributed by atoms with Gasteiger partial charge in [0.05, 0.1) is 13.4 Å². The van der Waals surface area contributed by atoms with Crippen molar-refractivity contribution in [2.24, 2.45) is 5.41 Å². The van der Waals surface area contributed by atoms with Crippen LogP contribution in [0.25, 0.3) is 6.08 Å². The minimum absolute atomic E-state index is 0.0485. The number of furan rings is 1. The van der Waals surface area contributed by atoms with Crippen molar-refractivity contribution in [2.45, 2.75) is 20.8 Å². The highest BCUT2D eigenvalue weighted by Crippen LogP contribution is 2.15. The normalized spacial score (nSPS) is 12.1. The van der Waals surface area contributed by atoms with E-state index in [2.05, 4.69) is 10.1 Å². The highest BCUT2D eigenvalue weighted by molar-refractivity contribution is 5.98. The van der Waals surface area contributed by atoms with Gasteiger partial charge in [0.2, 0.25) is 5.91 Å². The summed E-state index contributed by atoms with van der Waals surface area (Å²) >= 11 is 0. The standard InChI is InChI=1S/C13H17NO4/c1-13(2,3)12(16)14-10(11(15)17-4)8-9-6-5-7-18-9/h5-8H,1-4H3,(H,14,16)/b10-8+. The van der Waals surface area contributed by atoms with Gasteiger partial charge in [-0.3, -0.25) is 4.79 Å². The molecular weight excluding hydrogens is 234 g/mol. The van der Waals surface area contributed by atoms with Gasteiger partial charge in [-0.1, -0.05) is 20.8 Å². The Balaban J connectivity index is 2.94. The van der Waals surface area contributed by atoms with Crippen LogP contribution in [-0.4, -0.2) is 19.0 Å². The van der Waals surface area contributed by atoms with Crippen LogP contribution in [0, 0.1) is 5.41 Å². The Bertz CT molecular complexity index is 452. The van der Waals surface area contributed by atoms with Gasteiger partial charge in [-0.2, -0.15) is 0 Å². The fraction of sp³-hybridized carbons (Fsp3) is 0.385. The summed E-state index contributed by atoms with van der Waals surface area (Å²) in [6, 6.07) is 3.36. The molecule has 1 heterocycles. The molecule has 0 spiro atoms. The number of hydrogen-bond donors (Lipinski definition) is 1. The molecular formula is C13H17NO4. The average Bonchev–Trinajstić information content (AvgIpc) is 2.78. The van der Waals surface area contributed by atoms with Crippen molar-refractivity contribution >= 4 is 18.0 Å². The number of carbonyl (C=O) groups is 2. The van der Waals surface area contributed by atoms with Gasteiger partial charge in [-0.15, -0.1) is 0 Å². The summed E-state index contributed by atoms with van der Waals surface area (Å²) < 4.78 is 9.70. The van der Waals surface area contributed by atoms with Crippen LogP contribution in [0.1, 0.15) is 26.5 Å². The van der Waals surface area contributed by atoms with E-state index in [0.29, 0.717) is 5.76 Å². The molecule has 0 unspecified atom stereocenters. The van der Waals surface area contributed by atoms with Crippen LogP contribution in [0.2, 0.25) is 0 Å². The number of esters is 1. The second-order valence-electron chi connectivity index (χ2n) is 4.77. The van der Waals surface area contributed by atoms with Gasteiger partial charge >= 0.3 is 5.97 Å². The predicted octanol–water partition coefficient (Wildman–Crippen LogP) is 1.96. The van der Waals surface area contributed by atoms with Gasteiger partial charge in [0, 0.05) is 11.5 Å². The first-order chi connectivity index (χ1) is 8.34. The third-order valence-corrected chi connectivity index (χ3v) is 2.16. The maximum Gasteiger partial charge on any atom is 0.354 e. The molecule has 98 valence electrons. The Morgan fingerprint density at radius 1 is 1.39 bits per heavy atom. The monoisotopic (exact) mass is 251 g/mol. The number of carbonyl (C=O) groups excluding carboxylic acids is 2. The maximum atomic E-state index is 11.8. The average molecular weight is 251 g/mol. The van der Waals surface area contributed by atoms with Crippen LogP contribution in [0.15, 0.2) is 28.5 Å². The Labute approximate surface area is 106 Å². The van der Waals surface area contributed by atoms with E-state index in [0.717, 1.165) is 0 Å². The second-order valence-corrected chi connectivity index (χ2v) is 4.77. The fourth-order valence-electron chi connectivity index (χ4n) is 1.08. The summed E-state index contributed by atoms with van der Waals surface area (Å²) in [5, 5.41) is 2.53. The summed E-state index contributed by atoms with van der Waals surface area (Å²) in [4.78, 5) is 23.4. The Morgan fingerprint density at radius 3 is 2.50 bits per heavy atom. The Hall–Kier alpha value is -2.04. The molecule has 0 fully saturated rings. The zero-order valence-electron chi connectivity index (χ0n) is 10.9. The van der Waals surface area contributed by atoms with E-state index >= 15 is 0 Å². The largest absolute Gasteiger partial charge is 0.465 e. The molecule has 0 saturated heterocycles. The lowest BCUT2D eigenvalue weighted by Gasteiger charge is -2.18. The quantitative estimate of drug-likeness (QED) is 0.658. The summed E-state index contributed by atoms with van der Waals surface area (Å²) in [6.07, 6.45) is 2.90. The van der Waals surface area contributed by atoms with Gasteiger partial charge in [0.15, 0.2) is 0 Å². The van der Waals surface area contributed by atoms with E-state index < -0.39 is 11.4 Å². The predicted molar refractivity (Wildman–Crippen MR) is 66.3 cm³/mol. The molecule has 0 aliphatic carbocycles. The second kappa shape index (κ2) is 5.53. The van der Waals surface area contributed by atoms with Gasteiger partial charge in [0.25, 0.3) is 0 Å². The van der Waals surface area contributed by atoms with Crippen LogP contribution in [0.3, 0.4) is 0 Å². The third kappa shape index (κ3) is 3.76. The molecule has 0 atom stereocenters. The molecule has 1 aromatic rings. The number of ether oxygens (including phenoxy) is 1. The number of nitrogens with one attached hydrogen (secondary N) is 1. The van der Waals surface area contributed by atoms with Crippen molar-refractivity contribution in [1.82, 2.24) is 5.32 Å². The molecule has 5 nitrogen and oxygen atoms in total. The van der Waals surface area contributed by atoms with Gasteiger partial charge < -0.3 is 14.5 Å². The maximum absolute atomic E-state index is 11.8. The molecule has 1 amide bonds. The molecule has 0 saturated carbocycles. The van der Waals surface area contributed by atoms with Crippen molar-refractivity contribution < 1.29 is 18.7 Å². The third-order valence-electron chi connectivity index (χ3n) is 2.16. The van der Waals surface area contributed by atoms with Crippen molar-refractivity contribution in [3.05, 3.63) is 29.9 Å². The van der Waals surface area contributed by atoms with Crippen molar-refractivity contribution in [1.29, 1.82) is 0 Å². The molecule has 1 N–H and O–H groups in total. The smallest absolute Gasteiger partial charge is 0.354 e. The van der Waals surface area contributed by atoms with E-state index in [1.165, 1.54) is 19.4 Å². The lowest BCUT2D eigenvalue weighted by molar-refractivity contribution is -0.138. The minimum atomic E-state index is -0.621. The summed E-state index contributed by atoms with van der Waals surface area (Å²) in [7, 11) is 1.25. The SMILES string of the molecule is COC(=O)/C(=C\c1ccco1)NC(=O)C(C)(C)C. The van der Waals surface area contributed by atoms with Gasteiger partial charge in [0.1, 0.15) is 11.5 Å². The van der Waals surface area contributed by atoms with E-state index in [1.807, 2.05) is 0 Å². The summed E-state index contributed by atoms with van der Waals surface area (Å²) in [5.41, 5.74) is -0.552. The fourth-order valence-corrected chi connectivity index (χ4v) is 1.08. The topological polar surface area (TPSA) is 68.5 Å².